The van der Waals surface area contributed by atoms with Gasteiger partial charge in [-0.15, -0.1) is 0 Å². The zero-order chi connectivity index (χ0) is 74.2. The van der Waals surface area contributed by atoms with Gasteiger partial charge in [0.1, 0.15) is 19.3 Å². The summed E-state index contributed by atoms with van der Waals surface area (Å²) in [4.78, 5) is 73.1. The van der Waals surface area contributed by atoms with Gasteiger partial charge in [0.05, 0.1) is 26.4 Å². The number of ether oxygens (including phenoxy) is 4. The van der Waals surface area contributed by atoms with Gasteiger partial charge in [-0.25, -0.2) is 9.13 Å². The number of carbonyl (C=O) groups is 4. The fraction of sp³-hybridized carbons (Fsp3) is 0.951. The molecule has 0 rings (SSSR count). The Labute approximate surface area is 619 Å². The molecule has 0 fully saturated rings. The molecule has 0 amide bonds. The van der Waals surface area contributed by atoms with Crippen molar-refractivity contribution < 1.29 is 80.2 Å². The molecule has 0 bridgehead atoms. The summed E-state index contributed by atoms with van der Waals surface area (Å²) in [6.07, 6.45) is 63.9. The average molecular weight is 1480 g/mol. The molecule has 0 spiro atoms. The first-order chi connectivity index (χ1) is 48.9. The van der Waals surface area contributed by atoms with Crippen molar-refractivity contribution >= 4 is 39.5 Å². The second-order valence-corrected chi connectivity index (χ2v) is 33.4. The molecule has 19 heteroatoms. The SMILES string of the molecule is CCCCCCCCCCCCCCCCCCCC(=O)OC[C@H](COP(=O)(O)OC[C@@H](O)COP(=O)(O)OC[C@@H](COC(=O)CCCCCCCCCC(C)C)OC(=O)CCCCCCCCCCCCCCCCC)OC(=O)CCCCCCCCCCCCCCCCCCC(C)C. The van der Waals surface area contributed by atoms with Crippen LogP contribution in [-0.2, 0) is 65.4 Å². The number of esters is 4. The number of rotatable bonds is 81. The number of hydrogen-bond donors (Lipinski definition) is 3. The van der Waals surface area contributed by atoms with Crippen molar-refractivity contribution in [2.75, 3.05) is 39.6 Å². The van der Waals surface area contributed by atoms with E-state index in [2.05, 4.69) is 41.5 Å². The number of phosphoric acid groups is 2. The lowest BCUT2D eigenvalue weighted by Gasteiger charge is -2.21. The molecule has 0 radical (unpaired) electrons. The Morgan fingerprint density at radius 3 is 0.673 bits per heavy atom. The van der Waals surface area contributed by atoms with E-state index in [0.717, 1.165) is 102 Å². The van der Waals surface area contributed by atoms with Crippen molar-refractivity contribution in [3.63, 3.8) is 0 Å². The molecule has 0 saturated carbocycles. The number of hydrogen-bond acceptors (Lipinski definition) is 15. The third-order valence-electron chi connectivity index (χ3n) is 19.2. The van der Waals surface area contributed by atoms with Gasteiger partial charge in [0.15, 0.2) is 12.2 Å². The van der Waals surface area contributed by atoms with Crippen molar-refractivity contribution in [1.29, 1.82) is 0 Å². The Bertz CT molecular complexity index is 1940. The van der Waals surface area contributed by atoms with Gasteiger partial charge in [-0.3, -0.25) is 37.3 Å². The fourth-order valence-corrected chi connectivity index (χ4v) is 14.3. The van der Waals surface area contributed by atoms with Crippen LogP contribution in [-0.4, -0.2) is 96.7 Å². The van der Waals surface area contributed by atoms with Crippen LogP contribution in [0, 0.1) is 11.8 Å². The summed E-state index contributed by atoms with van der Waals surface area (Å²) in [6.45, 7) is 9.62. The average Bonchev–Trinajstić information content (AvgIpc) is 1.02. The predicted molar refractivity (Wildman–Crippen MR) is 414 cm³/mol. The number of phosphoric ester groups is 2. The molecule has 101 heavy (non-hydrogen) atoms. The minimum absolute atomic E-state index is 0.108. The van der Waals surface area contributed by atoms with Gasteiger partial charge in [0, 0.05) is 25.7 Å². The highest BCUT2D eigenvalue weighted by Crippen LogP contribution is 2.45. The smallest absolute Gasteiger partial charge is 0.462 e. The van der Waals surface area contributed by atoms with Gasteiger partial charge in [-0.2, -0.15) is 0 Å². The quantitative estimate of drug-likeness (QED) is 0.0222. The summed E-state index contributed by atoms with van der Waals surface area (Å²) in [6, 6.07) is 0. The van der Waals surface area contributed by atoms with E-state index < -0.39 is 97.5 Å². The lowest BCUT2D eigenvalue weighted by Crippen LogP contribution is -2.30. The van der Waals surface area contributed by atoms with Gasteiger partial charge >= 0.3 is 39.5 Å². The molecule has 0 aliphatic rings. The van der Waals surface area contributed by atoms with Crippen molar-refractivity contribution in [1.82, 2.24) is 0 Å². The third-order valence-corrected chi connectivity index (χ3v) is 21.1. The molecule has 3 N–H and O–H groups in total. The highest BCUT2D eigenvalue weighted by molar-refractivity contribution is 7.47. The largest absolute Gasteiger partial charge is 0.472 e. The Morgan fingerprint density at radius 2 is 0.455 bits per heavy atom. The van der Waals surface area contributed by atoms with Crippen LogP contribution < -0.4 is 0 Å². The second kappa shape index (κ2) is 73.6. The van der Waals surface area contributed by atoms with E-state index in [1.54, 1.807) is 0 Å². The molecule has 17 nitrogen and oxygen atoms in total. The van der Waals surface area contributed by atoms with E-state index in [1.165, 1.54) is 244 Å². The zero-order valence-corrected chi connectivity index (χ0v) is 68.0. The maximum absolute atomic E-state index is 13.1. The summed E-state index contributed by atoms with van der Waals surface area (Å²) in [5, 5.41) is 10.6. The molecule has 5 atom stereocenters. The maximum atomic E-state index is 13.1. The van der Waals surface area contributed by atoms with E-state index in [4.69, 9.17) is 37.0 Å². The maximum Gasteiger partial charge on any atom is 0.472 e. The van der Waals surface area contributed by atoms with Crippen LogP contribution in [0.5, 0.6) is 0 Å². The molecule has 0 aromatic rings. The number of aliphatic hydroxyl groups is 1. The molecular formula is C82H160O17P2. The van der Waals surface area contributed by atoms with E-state index in [9.17, 15) is 43.2 Å². The van der Waals surface area contributed by atoms with E-state index in [1.807, 2.05) is 0 Å². The molecule has 0 aliphatic carbocycles. The molecule has 0 saturated heterocycles. The first-order valence-electron chi connectivity index (χ1n) is 42.5. The summed E-state index contributed by atoms with van der Waals surface area (Å²) in [7, 11) is -9.92. The monoisotopic (exact) mass is 1480 g/mol. The Kier molecular flexibility index (Phi) is 72.2. The van der Waals surface area contributed by atoms with Crippen LogP contribution in [0.3, 0.4) is 0 Å². The number of aliphatic hydroxyl groups excluding tert-OH is 1. The minimum Gasteiger partial charge on any atom is -0.462 e. The van der Waals surface area contributed by atoms with E-state index in [0.29, 0.717) is 31.6 Å². The lowest BCUT2D eigenvalue weighted by molar-refractivity contribution is -0.161. The Balaban J connectivity index is 5.24. The summed E-state index contributed by atoms with van der Waals surface area (Å²) >= 11 is 0. The fourth-order valence-electron chi connectivity index (χ4n) is 12.7. The van der Waals surface area contributed by atoms with Crippen molar-refractivity contribution in [3.05, 3.63) is 0 Å². The molecular weight excluding hydrogens is 1320 g/mol. The highest BCUT2D eigenvalue weighted by Gasteiger charge is 2.30. The molecule has 0 aromatic carbocycles. The molecule has 0 aromatic heterocycles. The summed E-state index contributed by atoms with van der Waals surface area (Å²) < 4.78 is 68.8. The van der Waals surface area contributed by atoms with Gasteiger partial charge in [-0.05, 0) is 37.5 Å². The number of carbonyl (C=O) groups excluding carboxylic acids is 4. The van der Waals surface area contributed by atoms with Gasteiger partial charge in [-0.1, -0.05) is 382 Å². The topological polar surface area (TPSA) is 237 Å². The summed E-state index contributed by atoms with van der Waals surface area (Å²) in [5.74, 6) is -0.592. The molecule has 0 aliphatic heterocycles. The van der Waals surface area contributed by atoms with Crippen LogP contribution in [0.4, 0.5) is 0 Å². The Morgan fingerprint density at radius 1 is 0.267 bits per heavy atom. The predicted octanol–water partition coefficient (Wildman–Crippen LogP) is 24.7. The standard InChI is InChI=1S/C82H160O17P2/c1-7-9-11-13-15-17-19-21-23-24-29-32-36-40-46-52-58-64-79(84)92-70-77(98-81(86)67-61-55-48-42-38-34-30-26-25-28-31-35-39-44-50-56-62-74(3)4)72-96-100(88,89)94-68-76(83)69-95-101(90,91)97-73-78(71-93-80(85)65-59-53-49-43-45-51-57-63-75(5)6)99-82(87)66-60-54-47-41-37-33-27-22-20-18-16-14-12-10-8-2/h74-78,83H,7-73H2,1-6H3,(H,88,89)(H,90,91)/t76-,77-,78-/m1/s1. The summed E-state index contributed by atoms with van der Waals surface area (Å²) in [5.41, 5.74) is 0. The van der Waals surface area contributed by atoms with Crippen molar-refractivity contribution in [2.24, 2.45) is 11.8 Å². The van der Waals surface area contributed by atoms with Crippen LogP contribution in [0.15, 0.2) is 0 Å². The van der Waals surface area contributed by atoms with Crippen LogP contribution in [0.1, 0.15) is 433 Å². The molecule has 600 valence electrons. The van der Waals surface area contributed by atoms with Gasteiger partial charge < -0.3 is 33.8 Å². The molecule has 2 unspecified atom stereocenters. The lowest BCUT2D eigenvalue weighted by atomic mass is 10.0. The van der Waals surface area contributed by atoms with E-state index >= 15 is 0 Å². The highest BCUT2D eigenvalue weighted by atomic mass is 31.2. The van der Waals surface area contributed by atoms with Crippen LogP contribution >= 0.6 is 15.6 Å². The molecule has 0 heterocycles. The second-order valence-electron chi connectivity index (χ2n) is 30.5. The van der Waals surface area contributed by atoms with Crippen LogP contribution in [0.25, 0.3) is 0 Å². The van der Waals surface area contributed by atoms with Crippen molar-refractivity contribution in [2.45, 2.75) is 452 Å². The van der Waals surface area contributed by atoms with Gasteiger partial charge in [0.2, 0.25) is 0 Å². The third kappa shape index (κ3) is 76.1. The van der Waals surface area contributed by atoms with E-state index in [-0.39, 0.29) is 25.7 Å². The first-order valence-corrected chi connectivity index (χ1v) is 45.5. The number of unbranched alkanes of at least 4 members (excludes halogenated alkanes) is 51. The normalized spacial score (nSPS) is 13.9. The van der Waals surface area contributed by atoms with Crippen LogP contribution in [0.2, 0.25) is 0 Å². The first kappa shape index (κ1) is 99.1. The zero-order valence-electron chi connectivity index (χ0n) is 66.2. The Hall–Kier alpha value is -1.94. The minimum atomic E-state index is -4.96. The van der Waals surface area contributed by atoms with Crippen molar-refractivity contribution in [3.8, 4) is 0 Å². The van der Waals surface area contributed by atoms with Gasteiger partial charge in [0.25, 0.3) is 0 Å².